The molecule has 0 radical (unpaired) electrons. The van der Waals surface area contributed by atoms with Gasteiger partial charge in [-0.05, 0) is 36.4 Å². The van der Waals surface area contributed by atoms with Gasteiger partial charge >= 0.3 is 5.51 Å². The summed E-state index contributed by atoms with van der Waals surface area (Å²) in [7, 11) is -5.53. The molecule has 2 rings (SSSR count). The Hall–Kier alpha value is -2.49. The molecule has 0 bridgehead atoms. The zero-order valence-electron chi connectivity index (χ0n) is 11.6. The molecule has 10 heteroatoms. The molecular formula is C14H8F5NO3S. The van der Waals surface area contributed by atoms with Crippen LogP contribution in [0.5, 0.6) is 0 Å². The summed E-state index contributed by atoms with van der Waals surface area (Å²) in [6, 6.07) is 5.91. The number of alkyl halides is 3. The summed E-state index contributed by atoms with van der Waals surface area (Å²) in [6.07, 6.45) is 0. The molecule has 2 aromatic rings. The van der Waals surface area contributed by atoms with Gasteiger partial charge in [-0.25, -0.2) is 17.2 Å². The van der Waals surface area contributed by atoms with Crippen molar-refractivity contribution >= 4 is 21.4 Å². The number of carbonyl (C=O) groups is 1. The van der Waals surface area contributed by atoms with E-state index in [1.165, 1.54) is 0 Å². The van der Waals surface area contributed by atoms with Crippen molar-refractivity contribution in [2.75, 3.05) is 5.32 Å². The predicted octanol–water partition coefficient (Wildman–Crippen LogP) is 3.51. The molecule has 2 aromatic carbocycles. The maximum absolute atomic E-state index is 13.4. The highest BCUT2D eigenvalue weighted by Gasteiger charge is 2.46. The smallest absolute Gasteiger partial charge is 0.319 e. The van der Waals surface area contributed by atoms with Crippen molar-refractivity contribution in [2.24, 2.45) is 0 Å². The van der Waals surface area contributed by atoms with E-state index < -0.39 is 43.5 Å². The number of rotatable bonds is 3. The van der Waals surface area contributed by atoms with Crippen LogP contribution in [0.1, 0.15) is 10.4 Å². The van der Waals surface area contributed by atoms with Crippen molar-refractivity contribution in [1.82, 2.24) is 0 Å². The lowest BCUT2D eigenvalue weighted by Crippen LogP contribution is -2.23. The molecule has 24 heavy (non-hydrogen) atoms. The lowest BCUT2D eigenvalue weighted by Gasteiger charge is -2.09. The minimum absolute atomic E-state index is 0.236. The highest BCUT2D eigenvalue weighted by atomic mass is 32.2. The average molecular weight is 365 g/mol. The predicted molar refractivity (Wildman–Crippen MR) is 74.0 cm³/mol. The summed E-state index contributed by atoms with van der Waals surface area (Å²) in [6.45, 7) is 0. The van der Waals surface area contributed by atoms with E-state index in [1.54, 1.807) is 0 Å². The van der Waals surface area contributed by atoms with Crippen LogP contribution in [-0.4, -0.2) is 19.8 Å². The molecule has 1 N–H and O–H groups in total. The first kappa shape index (κ1) is 17.9. The third-order valence-corrected chi connectivity index (χ3v) is 4.43. The van der Waals surface area contributed by atoms with Gasteiger partial charge in [-0.2, -0.15) is 13.2 Å². The highest BCUT2D eigenvalue weighted by molar-refractivity contribution is 7.92. The second-order valence-corrected chi connectivity index (χ2v) is 6.47. The van der Waals surface area contributed by atoms with E-state index in [0.717, 1.165) is 30.3 Å². The molecule has 0 unspecified atom stereocenters. The molecule has 0 aliphatic carbocycles. The molecule has 128 valence electrons. The van der Waals surface area contributed by atoms with Crippen molar-refractivity contribution in [3.63, 3.8) is 0 Å². The Balaban J connectivity index is 2.25. The Morgan fingerprint density at radius 1 is 0.958 bits per heavy atom. The second kappa shape index (κ2) is 6.19. The standard InChI is InChI=1S/C14H8F5NO3S/c15-10-2-1-3-11(12(10)16)20-13(21)8-4-6-9(7-5-8)24(22,23)14(17,18)19/h1-7H,(H,20,21). The zero-order chi connectivity index (χ0) is 18.1. The lowest BCUT2D eigenvalue weighted by molar-refractivity contribution is -0.0436. The summed E-state index contributed by atoms with van der Waals surface area (Å²) in [5, 5.41) is 2.03. The number of amides is 1. The largest absolute Gasteiger partial charge is 0.501 e. The van der Waals surface area contributed by atoms with Crippen molar-refractivity contribution in [3.05, 3.63) is 59.7 Å². The Kier molecular flexibility index (Phi) is 4.61. The Bertz CT molecular complexity index is 876. The SMILES string of the molecule is O=C(Nc1cccc(F)c1F)c1ccc(S(=O)(=O)C(F)(F)F)cc1. The van der Waals surface area contributed by atoms with Crippen molar-refractivity contribution < 1.29 is 35.2 Å². The van der Waals surface area contributed by atoms with Gasteiger partial charge in [-0.1, -0.05) is 6.07 Å². The van der Waals surface area contributed by atoms with E-state index in [9.17, 15) is 35.2 Å². The number of hydrogen-bond acceptors (Lipinski definition) is 3. The fourth-order valence-corrected chi connectivity index (χ4v) is 2.48. The number of carbonyl (C=O) groups excluding carboxylic acids is 1. The van der Waals surface area contributed by atoms with Gasteiger partial charge in [0.15, 0.2) is 11.6 Å². The van der Waals surface area contributed by atoms with Crippen molar-refractivity contribution in [3.8, 4) is 0 Å². The van der Waals surface area contributed by atoms with Crippen molar-refractivity contribution in [2.45, 2.75) is 10.4 Å². The molecule has 0 saturated heterocycles. The van der Waals surface area contributed by atoms with Gasteiger partial charge in [0.25, 0.3) is 15.7 Å². The van der Waals surface area contributed by atoms with Crippen LogP contribution < -0.4 is 5.32 Å². The molecule has 0 saturated carbocycles. The van der Waals surface area contributed by atoms with Gasteiger partial charge in [-0.3, -0.25) is 4.79 Å². The van der Waals surface area contributed by atoms with E-state index in [2.05, 4.69) is 0 Å². The Morgan fingerprint density at radius 3 is 2.08 bits per heavy atom. The number of sulfone groups is 1. The molecule has 4 nitrogen and oxygen atoms in total. The van der Waals surface area contributed by atoms with Gasteiger partial charge in [0.1, 0.15) is 0 Å². The third-order valence-electron chi connectivity index (χ3n) is 2.93. The molecule has 0 aliphatic rings. The molecule has 0 aromatic heterocycles. The van der Waals surface area contributed by atoms with Crippen LogP contribution >= 0.6 is 0 Å². The summed E-state index contributed by atoms with van der Waals surface area (Å²) in [4.78, 5) is 10.8. The quantitative estimate of drug-likeness (QED) is 0.847. The Labute approximate surface area is 132 Å². The van der Waals surface area contributed by atoms with Gasteiger partial charge in [-0.15, -0.1) is 0 Å². The van der Waals surface area contributed by atoms with Crippen LogP contribution in [0.4, 0.5) is 27.6 Å². The summed E-state index contributed by atoms with van der Waals surface area (Å²) in [5.41, 5.74) is -6.17. The minimum atomic E-state index is -5.53. The van der Waals surface area contributed by atoms with Crippen LogP contribution in [0, 0.1) is 11.6 Å². The second-order valence-electron chi connectivity index (χ2n) is 4.53. The van der Waals surface area contributed by atoms with E-state index in [-0.39, 0.29) is 5.56 Å². The molecular weight excluding hydrogens is 357 g/mol. The first-order valence-electron chi connectivity index (χ1n) is 6.21. The van der Waals surface area contributed by atoms with Gasteiger partial charge in [0, 0.05) is 5.56 Å². The monoisotopic (exact) mass is 365 g/mol. The van der Waals surface area contributed by atoms with Gasteiger partial charge in [0.2, 0.25) is 0 Å². The van der Waals surface area contributed by atoms with Gasteiger partial charge < -0.3 is 5.32 Å². The fourth-order valence-electron chi connectivity index (χ4n) is 1.71. The third kappa shape index (κ3) is 3.37. The van der Waals surface area contributed by atoms with Crippen LogP contribution in [0.2, 0.25) is 0 Å². The van der Waals surface area contributed by atoms with Crippen LogP contribution in [-0.2, 0) is 9.84 Å². The van der Waals surface area contributed by atoms with Crippen LogP contribution in [0.25, 0.3) is 0 Å². The molecule has 0 atom stereocenters. The van der Waals surface area contributed by atoms with Crippen molar-refractivity contribution in [1.29, 1.82) is 0 Å². The van der Waals surface area contributed by atoms with E-state index in [0.29, 0.717) is 12.1 Å². The molecule has 0 heterocycles. The van der Waals surface area contributed by atoms with E-state index in [1.807, 2.05) is 5.32 Å². The van der Waals surface area contributed by atoms with E-state index >= 15 is 0 Å². The molecule has 0 fully saturated rings. The summed E-state index contributed by atoms with van der Waals surface area (Å²) >= 11 is 0. The van der Waals surface area contributed by atoms with Crippen LogP contribution in [0.15, 0.2) is 47.4 Å². The Morgan fingerprint density at radius 2 is 1.54 bits per heavy atom. The summed E-state index contributed by atoms with van der Waals surface area (Å²) < 4.78 is 86.1. The number of nitrogens with one attached hydrogen (secondary N) is 1. The zero-order valence-corrected chi connectivity index (χ0v) is 12.4. The topological polar surface area (TPSA) is 63.2 Å². The number of benzene rings is 2. The normalized spacial score (nSPS) is 12.0. The lowest BCUT2D eigenvalue weighted by atomic mass is 10.2. The first-order chi connectivity index (χ1) is 11.0. The maximum Gasteiger partial charge on any atom is 0.501 e. The summed E-state index contributed by atoms with van der Waals surface area (Å²) in [5.74, 6) is -3.45. The first-order valence-corrected chi connectivity index (χ1v) is 7.69. The molecule has 1 amide bonds. The highest BCUT2D eigenvalue weighted by Crippen LogP contribution is 2.30. The molecule has 0 aliphatic heterocycles. The van der Waals surface area contributed by atoms with Crippen LogP contribution in [0.3, 0.4) is 0 Å². The minimum Gasteiger partial charge on any atom is -0.319 e. The average Bonchev–Trinajstić information content (AvgIpc) is 2.51. The van der Waals surface area contributed by atoms with E-state index in [4.69, 9.17) is 0 Å². The number of anilines is 1. The van der Waals surface area contributed by atoms with Gasteiger partial charge in [0.05, 0.1) is 10.6 Å². The molecule has 0 spiro atoms. The number of hydrogen-bond donors (Lipinski definition) is 1. The fraction of sp³-hybridized carbons (Fsp3) is 0.0714. The number of halogens is 5. The maximum atomic E-state index is 13.4.